The Bertz CT molecular complexity index is 1160. The van der Waals surface area contributed by atoms with E-state index in [4.69, 9.17) is 4.74 Å². The number of amides is 1. The summed E-state index contributed by atoms with van der Waals surface area (Å²) in [5, 5.41) is 2.97. The molecule has 1 heterocycles. The van der Waals surface area contributed by atoms with Crippen molar-refractivity contribution >= 4 is 35.1 Å². The Balaban J connectivity index is 1.65. The van der Waals surface area contributed by atoms with Crippen molar-refractivity contribution in [2.45, 2.75) is 45.6 Å². The molecule has 0 bridgehead atoms. The number of carbonyl (C=O) groups excluding carboxylic acids is 3. The van der Waals surface area contributed by atoms with Gasteiger partial charge in [0.1, 0.15) is 6.29 Å². The van der Waals surface area contributed by atoms with Crippen LogP contribution in [0.3, 0.4) is 0 Å². The number of aryl methyl sites for hydroxylation is 1. The molecule has 7 nitrogen and oxygen atoms in total. The van der Waals surface area contributed by atoms with Crippen LogP contribution in [0, 0.1) is 12.8 Å². The van der Waals surface area contributed by atoms with Crippen molar-refractivity contribution in [3.63, 3.8) is 0 Å². The van der Waals surface area contributed by atoms with Gasteiger partial charge in [-0.1, -0.05) is 17.7 Å². The van der Waals surface area contributed by atoms with E-state index in [0.717, 1.165) is 43.0 Å². The number of rotatable bonds is 6. The molecular weight excluding hydrogens is 406 g/mol. The maximum atomic E-state index is 12.9. The number of nitrogens with one attached hydrogen (secondary N) is 1. The van der Waals surface area contributed by atoms with Gasteiger partial charge in [-0.15, -0.1) is 0 Å². The number of ether oxygens (including phenoxy) is 1. The van der Waals surface area contributed by atoms with Crippen LogP contribution in [0.15, 0.2) is 42.5 Å². The van der Waals surface area contributed by atoms with Crippen LogP contribution >= 0.6 is 0 Å². The number of imidazole rings is 1. The average molecular weight is 434 g/mol. The average Bonchev–Trinajstić information content (AvgIpc) is 3.16. The monoisotopic (exact) mass is 433 g/mol. The first kappa shape index (κ1) is 21.7. The Labute approximate surface area is 186 Å². The summed E-state index contributed by atoms with van der Waals surface area (Å²) in [5.41, 5.74) is 3.60. The van der Waals surface area contributed by atoms with E-state index in [1.54, 1.807) is 18.2 Å². The van der Waals surface area contributed by atoms with E-state index >= 15 is 0 Å². The molecule has 2 aromatic carbocycles. The molecule has 3 aromatic rings. The van der Waals surface area contributed by atoms with Crippen molar-refractivity contribution < 1.29 is 19.1 Å². The van der Waals surface area contributed by atoms with Crippen LogP contribution in [0.25, 0.3) is 11.0 Å². The summed E-state index contributed by atoms with van der Waals surface area (Å²) >= 11 is 0. The van der Waals surface area contributed by atoms with Gasteiger partial charge >= 0.3 is 5.97 Å². The smallest absolute Gasteiger partial charge is 0.308 e. The van der Waals surface area contributed by atoms with Gasteiger partial charge in [-0.25, -0.2) is 4.98 Å². The second kappa shape index (κ2) is 9.34. The minimum Gasteiger partial charge on any atom is -0.466 e. The van der Waals surface area contributed by atoms with Gasteiger partial charge in [0.15, 0.2) is 0 Å². The van der Waals surface area contributed by atoms with Gasteiger partial charge in [0.2, 0.25) is 5.95 Å². The van der Waals surface area contributed by atoms with Crippen molar-refractivity contribution in [3.8, 4) is 0 Å². The number of esters is 1. The largest absolute Gasteiger partial charge is 0.466 e. The highest BCUT2D eigenvalue weighted by molar-refractivity contribution is 6.04. The third kappa shape index (κ3) is 4.42. The third-order valence-electron chi connectivity index (χ3n) is 6.04. The molecule has 0 spiro atoms. The number of hydrogen-bond acceptors (Lipinski definition) is 5. The molecule has 0 unspecified atom stereocenters. The number of fused-ring (bicyclic) bond motifs is 1. The van der Waals surface area contributed by atoms with Crippen LogP contribution in [-0.4, -0.2) is 34.3 Å². The van der Waals surface area contributed by atoms with Crippen LogP contribution in [-0.2, 0) is 9.53 Å². The number of hydrogen-bond donors (Lipinski definition) is 1. The van der Waals surface area contributed by atoms with E-state index in [1.807, 2.05) is 42.7 Å². The quantitative estimate of drug-likeness (QED) is 0.449. The lowest BCUT2D eigenvalue weighted by Crippen LogP contribution is -2.26. The first-order valence-electron chi connectivity index (χ1n) is 11.0. The molecule has 0 radical (unpaired) electrons. The van der Waals surface area contributed by atoms with Gasteiger partial charge in [-0.05, 0) is 69.9 Å². The molecular formula is C25H27N3O4. The minimum atomic E-state index is -0.235. The maximum absolute atomic E-state index is 12.9. The predicted molar refractivity (Wildman–Crippen MR) is 122 cm³/mol. The van der Waals surface area contributed by atoms with E-state index in [0.29, 0.717) is 29.2 Å². The van der Waals surface area contributed by atoms with Crippen molar-refractivity contribution in [2.24, 2.45) is 5.92 Å². The molecule has 7 heteroatoms. The Morgan fingerprint density at radius 1 is 1.16 bits per heavy atom. The number of benzene rings is 2. The zero-order valence-electron chi connectivity index (χ0n) is 18.3. The fraction of sp³-hybridized carbons (Fsp3) is 0.360. The summed E-state index contributed by atoms with van der Waals surface area (Å²) in [6, 6.07) is 12.8. The SMILES string of the molecule is CCOC(=O)C1CCC(n2c(NC(=O)c3cccc(C)c3)nc3cc(C=O)ccc32)CC1. The zero-order chi connectivity index (χ0) is 22.7. The highest BCUT2D eigenvalue weighted by Crippen LogP contribution is 2.37. The summed E-state index contributed by atoms with van der Waals surface area (Å²) in [5.74, 6) is -0.00626. The number of carbonyl (C=O) groups is 3. The molecule has 0 saturated heterocycles. The lowest BCUT2D eigenvalue weighted by Gasteiger charge is -2.29. The maximum Gasteiger partial charge on any atom is 0.308 e. The second-order valence-corrected chi connectivity index (χ2v) is 8.25. The van der Waals surface area contributed by atoms with Gasteiger partial charge < -0.3 is 9.30 Å². The molecule has 1 fully saturated rings. The topological polar surface area (TPSA) is 90.3 Å². The summed E-state index contributed by atoms with van der Waals surface area (Å²) in [4.78, 5) is 41.0. The van der Waals surface area contributed by atoms with E-state index in [2.05, 4.69) is 10.3 Å². The predicted octanol–water partition coefficient (Wildman–Crippen LogP) is 4.70. The Kier molecular flexibility index (Phi) is 6.35. The standard InChI is InChI=1S/C25H27N3O4/c1-3-32-24(31)18-8-10-20(11-9-18)28-22-12-7-17(15-29)14-21(22)26-25(28)27-23(30)19-6-4-5-16(2)13-19/h4-7,12-15,18,20H,3,8-11H2,1-2H3,(H,26,27,30). The van der Waals surface area contributed by atoms with E-state index in [-0.39, 0.29) is 23.8 Å². The van der Waals surface area contributed by atoms with Crippen molar-refractivity contribution in [2.75, 3.05) is 11.9 Å². The fourth-order valence-corrected chi connectivity index (χ4v) is 4.44. The highest BCUT2D eigenvalue weighted by Gasteiger charge is 2.30. The first-order chi connectivity index (χ1) is 15.5. The summed E-state index contributed by atoms with van der Waals surface area (Å²) in [7, 11) is 0. The summed E-state index contributed by atoms with van der Waals surface area (Å²) in [6.45, 7) is 4.14. The molecule has 0 aliphatic heterocycles. The number of nitrogens with zero attached hydrogens (tertiary/aromatic N) is 2. The second-order valence-electron chi connectivity index (χ2n) is 8.25. The first-order valence-corrected chi connectivity index (χ1v) is 11.0. The van der Waals surface area contributed by atoms with Crippen LogP contribution < -0.4 is 5.32 Å². The highest BCUT2D eigenvalue weighted by atomic mass is 16.5. The van der Waals surface area contributed by atoms with E-state index in [1.165, 1.54) is 0 Å². The molecule has 4 rings (SSSR count). The summed E-state index contributed by atoms with van der Waals surface area (Å²) < 4.78 is 7.23. The molecule has 1 aliphatic rings. The molecule has 1 N–H and O–H groups in total. The van der Waals surface area contributed by atoms with Crippen LogP contribution in [0.2, 0.25) is 0 Å². The molecule has 1 amide bonds. The summed E-state index contributed by atoms with van der Waals surface area (Å²) in [6.07, 6.45) is 3.78. The molecule has 1 saturated carbocycles. The number of aldehydes is 1. The molecule has 32 heavy (non-hydrogen) atoms. The molecule has 1 aromatic heterocycles. The van der Waals surface area contributed by atoms with Crippen molar-refractivity contribution in [1.82, 2.24) is 9.55 Å². The zero-order valence-corrected chi connectivity index (χ0v) is 18.3. The van der Waals surface area contributed by atoms with Gasteiger partial charge in [-0.2, -0.15) is 0 Å². The molecule has 0 atom stereocenters. The Morgan fingerprint density at radius 3 is 2.62 bits per heavy atom. The molecule has 166 valence electrons. The molecule has 1 aliphatic carbocycles. The van der Waals surface area contributed by atoms with E-state index in [9.17, 15) is 14.4 Å². The minimum absolute atomic E-state index is 0.0839. The van der Waals surface area contributed by atoms with Gasteiger partial charge in [0.05, 0.1) is 23.6 Å². The number of anilines is 1. The van der Waals surface area contributed by atoms with Crippen molar-refractivity contribution in [3.05, 3.63) is 59.2 Å². The Hall–Kier alpha value is -3.48. The lowest BCUT2D eigenvalue weighted by atomic mass is 9.86. The normalized spacial score (nSPS) is 18.3. The van der Waals surface area contributed by atoms with Crippen LogP contribution in [0.4, 0.5) is 5.95 Å². The fourth-order valence-electron chi connectivity index (χ4n) is 4.44. The van der Waals surface area contributed by atoms with Gasteiger partial charge in [-0.3, -0.25) is 19.7 Å². The van der Waals surface area contributed by atoms with Crippen LogP contribution in [0.5, 0.6) is 0 Å². The Morgan fingerprint density at radius 2 is 1.94 bits per heavy atom. The van der Waals surface area contributed by atoms with Gasteiger partial charge in [0.25, 0.3) is 5.91 Å². The van der Waals surface area contributed by atoms with Crippen molar-refractivity contribution in [1.29, 1.82) is 0 Å². The third-order valence-corrected chi connectivity index (χ3v) is 6.04. The lowest BCUT2D eigenvalue weighted by molar-refractivity contribution is -0.149. The van der Waals surface area contributed by atoms with Crippen LogP contribution in [0.1, 0.15) is 64.9 Å². The van der Waals surface area contributed by atoms with E-state index < -0.39 is 0 Å². The van der Waals surface area contributed by atoms with Gasteiger partial charge in [0, 0.05) is 17.2 Å². The number of aromatic nitrogens is 2.